The summed E-state index contributed by atoms with van der Waals surface area (Å²) in [5, 5.41) is 12.3. The predicted octanol–water partition coefficient (Wildman–Crippen LogP) is 8.61. The molecule has 60 heavy (non-hydrogen) atoms. The smallest absolute Gasteiger partial charge is 0.246 e. The van der Waals surface area contributed by atoms with E-state index in [2.05, 4.69) is 0 Å². The van der Waals surface area contributed by atoms with Crippen molar-refractivity contribution in [3.8, 4) is 23.0 Å². The maximum atomic E-state index is 15.5. The third kappa shape index (κ3) is 5.92. The lowest BCUT2D eigenvalue weighted by Gasteiger charge is -2.50. The van der Waals surface area contributed by atoms with E-state index in [9.17, 15) is 14.7 Å². The number of methoxy groups -OCH3 is 3. The minimum absolute atomic E-state index is 0.120. The van der Waals surface area contributed by atoms with Crippen LogP contribution >= 0.6 is 11.6 Å². The van der Waals surface area contributed by atoms with E-state index in [0.29, 0.717) is 39.0 Å². The van der Waals surface area contributed by atoms with Crippen LogP contribution in [0.25, 0.3) is 12.2 Å². The van der Waals surface area contributed by atoms with Crippen LogP contribution in [0, 0.1) is 23.7 Å². The molecular formula is C49H41ClN2O8. The number of fused-ring (bicyclic) bond motifs is 4. The Morgan fingerprint density at radius 3 is 2.17 bits per heavy atom. The van der Waals surface area contributed by atoms with E-state index in [1.165, 1.54) is 16.9 Å². The van der Waals surface area contributed by atoms with Gasteiger partial charge in [0.05, 0.1) is 55.9 Å². The molecule has 5 aromatic carbocycles. The first-order chi connectivity index (χ1) is 29.1. The lowest BCUT2D eigenvalue weighted by atomic mass is 9.49. The van der Waals surface area contributed by atoms with Gasteiger partial charge < -0.3 is 19.3 Å². The molecule has 6 atom stereocenters. The summed E-state index contributed by atoms with van der Waals surface area (Å²) in [6.45, 7) is 0. The van der Waals surface area contributed by atoms with Crippen molar-refractivity contribution in [2.45, 2.75) is 24.2 Å². The second kappa shape index (κ2) is 15.2. The number of nitrogens with zero attached hydrogens (tertiary/aromatic N) is 2. The fraction of sp³-hybridized carbons (Fsp3) is 0.224. The Hall–Kier alpha value is -6.65. The summed E-state index contributed by atoms with van der Waals surface area (Å²) in [6.07, 6.45) is 6.13. The second-order valence-electron chi connectivity index (χ2n) is 15.5. The Kier molecular flexibility index (Phi) is 9.83. The number of anilines is 2. The van der Waals surface area contributed by atoms with Crippen molar-refractivity contribution < 1.29 is 38.5 Å². The van der Waals surface area contributed by atoms with Crippen molar-refractivity contribution in [3.05, 3.63) is 154 Å². The number of aromatic hydroxyl groups is 1. The Bertz CT molecular complexity index is 2620. The third-order valence-electron chi connectivity index (χ3n) is 12.8. The predicted molar refractivity (Wildman–Crippen MR) is 228 cm³/mol. The van der Waals surface area contributed by atoms with Crippen molar-refractivity contribution in [1.82, 2.24) is 0 Å². The molecule has 0 bridgehead atoms. The van der Waals surface area contributed by atoms with Crippen molar-refractivity contribution in [2.24, 2.45) is 23.7 Å². The number of rotatable bonds is 9. The van der Waals surface area contributed by atoms with Crippen LogP contribution < -0.4 is 24.0 Å². The summed E-state index contributed by atoms with van der Waals surface area (Å²) in [4.78, 5) is 62.2. The largest absolute Gasteiger partial charge is 0.504 e. The molecule has 1 saturated carbocycles. The number of imide groups is 2. The molecule has 5 aromatic rings. The minimum Gasteiger partial charge on any atom is -0.504 e. The van der Waals surface area contributed by atoms with Gasteiger partial charge in [-0.2, -0.15) is 0 Å². The van der Waals surface area contributed by atoms with Crippen LogP contribution in [0.2, 0.25) is 5.02 Å². The van der Waals surface area contributed by atoms with Gasteiger partial charge in [-0.15, -0.1) is 0 Å². The van der Waals surface area contributed by atoms with Crippen LogP contribution in [0.3, 0.4) is 0 Å². The van der Waals surface area contributed by atoms with Crippen molar-refractivity contribution >= 4 is 58.8 Å². The number of halogens is 1. The van der Waals surface area contributed by atoms with Crippen LogP contribution in [0.5, 0.6) is 23.0 Å². The molecule has 2 aliphatic heterocycles. The van der Waals surface area contributed by atoms with Crippen molar-refractivity contribution in [2.75, 3.05) is 31.1 Å². The first-order valence-corrected chi connectivity index (χ1v) is 20.1. The number of benzene rings is 5. The molecule has 4 amide bonds. The van der Waals surface area contributed by atoms with Gasteiger partial charge in [0.15, 0.2) is 11.5 Å². The van der Waals surface area contributed by atoms with Crippen molar-refractivity contribution in [3.63, 3.8) is 0 Å². The summed E-state index contributed by atoms with van der Waals surface area (Å²) in [5.74, 6) is -4.19. The van der Waals surface area contributed by atoms with E-state index in [1.807, 2.05) is 78.9 Å². The van der Waals surface area contributed by atoms with Gasteiger partial charge in [-0.25, -0.2) is 4.90 Å². The SMILES string of the molecule is COc1ccc(OC)c(C=Cc2ccc(N3C(=O)C4CC=C5C(CC6C(=O)N(c7cccc(Cl)c7)C(=O)C6(c6ccccc6)C5c5cccc(OC)c5O)C4C3=O)cc2)c1. The van der Waals surface area contributed by atoms with Gasteiger partial charge >= 0.3 is 0 Å². The zero-order valence-electron chi connectivity index (χ0n) is 33.1. The van der Waals surface area contributed by atoms with Gasteiger partial charge in [-0.1, -0.05) is 96.1 Å². The van der Waals surface area contributed by atoms with Crippen LogP contribution in [0.15, 0.2) is 127 Å². The van der Waals surface area contributed by atoms with E-state index in [-0.39, 0.29) is 36.2 Å². The molecule has 10 nitrogen and oxygen atoms in total. The summed E-state index contributed by atoms with van der Waals surface area (Å²) >= 11 is 6.44. The number of carbonyl (C=O) groups excluding carboxylic acids is 4. The third-order valence-corrected chi connectivity index (χ3v) is 13.0. The summed E-state index contributed by atoms with van der Waals surface area (Å²) < 4.78 is 16.5. The van der Waals surface area contributed by atoms with Gasteiger partial charge in [-0.05, 0) is 84.5 Å². The number of allylic oxidation sites excluding steroid dienone is 2. The van der Waals surface area contributed by atoms with E-state index >= 15 is 9.59 Å². The molecule has 0 spiro atoms. The highest BCUT2D eigenvalue weighted by molar-refractivity contribution is 6.32. The number of amides is 4. The molecule has 2 saturated heterocycles. The second-order valence-corrected chi connectivity index (χ2v) is 16.0. The molecule has 1 N–H and O–H groups in total. The van der Waals surface area contributed by atoms with E-state index < -0.39 is 46.8 Å². The Morgan fingerprint density at radius 1 is 0.700 bits per heavy atom. The first kappa shape index (κ1) is 38.8. The lowest BCUT2D eigenvalue weighted by molar-refractivity contribution is -0.127. The molecule has 11 heteroatoms. The standard InChI is InChI=1S/C49H41ClN2O8/c1-58-34-21-24-40(59-2)29(25-34)18-15-28-16-19-32(20-17-28)51-45(54)36-23-22-35-38(42(36)47(51)56)27-39-46(55)52(33-12-7-11-31(50)26-33)48(57)49(39,30-9-5-4-6-10-30)43(35)37-13-8-14-41(60-3)44(37)53/h4-22,24-26,36,38-39,42-43,53H,23,27H2,1-3H3. The van der Waals surface area contributed by atoms with Gasteiger partial charge in [0.1, 0.15) is 11.5 Å². The number of phenolic OH excluding ortho intramolecular Hbond substituents is 1. The lowest BCUT2D eigenvalue weighted by Crippen LogP contribution is -2.53. The Morgan fingerprint density at radius 2 is 1.45 bits per heavy atom. The highest BCUT2D eigenvalue weighted by Crippen LogP contribution is 2.65. The quantitative estimate of drug-likeness (QED) is 0.0892. The normalized spacial score (nSPS) is 24.6. The molecule has 9 rings (SSSR count). The zero-order chi connectivity index (χ0) is 41.9. The number of para-hydroxylation sites is 1. The average molecular weight is 821 g/mol. The van der Waals surface area contributed by atoms with E-state index in [4.69, 9.17) is 25.8 Å². The molecule has 3 fully saturated rings. The minimum atomic E-state index is -1.54. The maximum absolute atomic E-state index is 15.5. The highest BCUT2D eigenvalue weighted by Gasteiger charge is 2.70. The first-order valence-electron chi connectivity index (χ1n) is 19.8. The molecule has 0 aromatic heterocycles. The number of hydrogen-bond acceptors (Lipinski definition) is 8. The molecule has 302 valence electrons. The zero-order valence-corrected chi connectivity index (χ0v) is 33.8. The summed E-state index contributed by atoms with van der Waals surface area (Å²) in [5.41, 5.74) is 2.59. The number of phenols is 1. The number of hydrogen-bond donors (Lipinski definition) is 1. The van der Waals surface area contributed by atoms with Crippen LogP contribution in [-0.4, -0.2) is 50.1 Å². The van der Waals surface area contributed by atoms with Gasteiger partial charge in [-0.3, -0.25) is 24.1 Å². The van der Waals surface area contributed by atoms with Crippen LogP contribution in [0.4, 0.5) is 11.4 Å². The maximum Gasteiger partial charge on any atom is 0.246 e. The molecule has 2 aliphatic carbocycles. The summed E-state index contributed by atoms with van der Waals surface area (Å²) in [6, 6.07) is 33.6. The van der Waals surface area contributed by atoms with Crippen molar-refractivity contribution in [1.29, 1.82) is 0 Å². The Balaban J connectivity index is 1.13. The monoisotopic (exact) mass is 820 g/mol. The molecule has 6 unspecified atom stereocenters. The molecule has 4 aliphatic rings. The van der Waals surface area contributed by atoms with Gasteiger partial charge in [0.2, 0.25) is 23.6 Å². The fourth-order valence-corrected chi connectivity index (χ4v) is 10.4. The average Bonchev–Trinajstić information content (AvgIpc) is 3.66. The Labute approximate surface area is 352 Å². The van der Waals surface area contributed by atoms with E-state index in [1.54, 1.807) is 68.8 Å². The molecule has 0 radical (unpaired) electrons. The van der Waals surface area contributed by atoms with Gasteiger partial charge in [0, 0.05) is 22.1 Å². The summed E-state index contributed by atoms with van der Waals surface area (Å²) in [7, 11) is 4.65. The van der Waals surface area contributed by atoms with E-state index in [0.717, 1.165) is 16.7 Å². The molecular weight excluding hydrogens is 780 g/mol. The number of ether oxygens (including phenoxy) is 3. The van der Waals surface area contributed by atoms with Crippen LogP contribution in [0.1, 0.15) is 41.0 Å². The van der Waals surface area contributed by atoms with Crippen LogP contribution in [-0.2, 0) is 24.6 Å². The number of carbonyl (C=O) groups is 4. The molecule has 2 heterocycles. The van der Waals surface area contributed by atoms with Gasteiger partial charge in [0.25, 0.3) is 0 Å². The fourth-order valence-electron chi connectivity index (χ4n) is 10.2. The topological polar surface area (TPSA) is 123 Å². The highest BCUT2D eigenvalue weighted by atomic mass is 35.5.